The molecule has 1 saturated heterocycles. The lowest BCUT2D eigenvalue weighted by atomic mass is 9.98. The molecule has 202 valence electrons. The summed E-state index contributed by atoms with van der Waals surface area (Å²) in [4.78, 5) is 31.5. The third-order valence-electron chi connectivity index (χ3n) is 6.11. The van der Waals surface area contributed by atoms with Crippen LogP contribution in [0.3, 0.4) is 0 Å². The van der Waals surface area contributed by atoms with Crippen LogP contribution in [0.5, 0.6) is 5.75 Å². The molecule has 0 atom stereocenters. The van der Waals surface area contributed by atoms with Gasteiger partial charge in [-0.3, -0.25) is 15.2 Å². The number of hydrogen-bond donors (Lipinski definition) is 3. The molecule has 4 aromatic rings. The van der Waals surface area contributed by atoms with Crippen molar-refractivity contribution in [3.05, 3.63) is 76.7 Å². The number of aromatic amines is 1. The molecule has 39 heavy (non-hydrogen) atoms. The van der Waals surface area contributed by atoms with Crippen LogP contribution in [0.4, 0.5) is 29.5 Å². The summed E-state index contributed by atoms with van der Waals surface area (Å²) in [5, 5.41) is 14.8. The first-order valence-electron chi connectivity index (χ1n) is 12.0. The van der Waals surface area contributed by atoms with Crippen LogP contribution < -0.4 is 15.4 Å². The maximum absolute atomic E-state index is 12.7. The molecule has 1 fully saturated rings. The number of nitrogens with one attached hydrogen (secondary N) is 3. The number of halogens is 3. The van der Waals surface area contributed by atoms with Gasteiger partial charge in [0.05, 0.1) is 10.7 Å². The molecule has 0 saturated carbocycles. The first kappa shape index (κ1) is 26.2. The van der Waals surface area contributed by atoms with E-state index in [1.165, 1.54) is 23.5 Å². The van der Waals surface area contributed by atoms with Crippen LogP contribution in [0, 0.1) is 0 Å². The number of likely N-dealkylation sites (tertiary alicyclic amines) is 1. The number of carbonyl (C=O) groups is 2. The molecule has 0 unspecified atom stereocenters. The van der Waals surface area contributed by atoms with E-state index < -0.39 is 18.0 Å². The van der Waals surface area contributed by atoms with Crippen LogP contribution in [-0.4, -0.2) is 51.5 Å². The minimum absolute atomic E-state index is 0.0826. The minimum atomic E-state index is -4.83. The number of ether oxygens (including phenoxy) is 1. The zero-order chi connectivity index (χ0) is 27.4. The van der Waals surface area contributed by atoms with Crippen LogP contribution in [0.1, 0.15) is 34.3 Å². The summed E-state index contributed by atoms with van der Waals surface area (Å²) in [7, 11) is 0. The van der Waals surface area contributed by atoms with Crippen LogP contribution in [0.15, 0.2) is 66.0 Å². The number of anilines is 2. The Kier molecular flexibility index (Phi) is 7.50. The van der Waals surface area contributed by atoms with Gasteiger partial charge in [0, 0.05) is 42.2 Å². The Bertz CT molecular complexity index is 1450. The Labute approximate surface area is 225 Å². The second-order valence-corrected chi connectivity index (χ2v) is 9.71. The molecule has 0 spiro atoms. The van der Waals surface area contributed by atoms with E-state index in [-0.39, 0.29) is 23.3 Å². The number of benzene rings is 2. The molecule has 9 nitrogen and oxygen atoms in total. The number of hydrogen-bond acceptors (Lipinski definition) is 6. The van der Waals surface area contributed by atoms with E-state index in [4.69, 9.17) is 0 Å². The zero-order valence-electron chi connectivity index (χ0n) is 20.4. The lowest BCUT2D eigenvalue weighted by Crippen LogP contribution is -2.40. The van der Waals surface area contributed by atoms with Gasteiger partial charge in [-0.1, -0.05) is 36.4 Å². The van der Waals surface area contributed by atoms with Crippen molar-refractivity contribution in [2.24, 2.45) is 0 Å². The summed E-state index contributed by atoms with van der Waals surface area (Å²) in [5.41, 5.74) is 2.09. The van der Waals surface area contributed by atoms with Crippen LogP contribution in [0.2, 0.25) is 0 Å². The summed E-state index contributed by atoms with van der Waals surface area (Å²) >= 11 is 1.34. The van der Waals surface area contributed by atoms with Crippen molar-refractivity contribution < 1.29 is 27.5 Å². The van der Waals surface area contributed by atoms with Gasteiger partial charge in [0.1, 0.15) is 11.4 Å². The van der Waals surface area contributed by atoms with Crippen molar-refractivity contribution in [1.29, 1.82) is 0 Å². The van der Waals surface area contributed by atoms with Gasteiger partial charge in [0.25, 0.3) is 5.91 Å². The Morgan fingerprint density at radius 2 is 1.79 bits per heavy atom. The summed E-state index contributed by atoms with van der Waals surface area (Å²) in [6.07, 6.45) is -3.48. The molecule has 5 rings (SSSR count). The Balaban J connectivity index is 1.13. The molecule has 2 aromatic carbocycles. The van der Waals surface area contributed by atoms with Gasteiger partial charge >= 0.3 is 12.4 Å². The Morgan fingerprint density at radius 3 is 2.54 bits per heavy atom. The second kappa shape index (κ2) is 11.2. The molecule has 1 aliphatic heterocycles. The predicted molar refractivity (Wildman–Crippen MR) is 140 cm³/mol. The fourth-order valence-corrected chi connectivity index (χ4v) is 5.19. The fourth-order valence-electron chi connectivity index (χ4n) is 4.22. The molecule has 0 aliphatic carbocycles. The molecule has 0 bridgehead atoms. The normalized spacial score (nSPS) is 14.2. The smallest absolute Gasteiger partial charge is 0.406 e. The van der Waals surface area contributed by atoms with E-state index in [2.05, 4.69) is 30.6 Å². The topological polar surface area (TPSA) is 112 Å². The number of alkyl halides is 3. The molecular formula is C26H23F3N6O3S. The average Bonchev–Trinajstić information content (AvgIpc) is 3.59. The van der Waals surface area contributed by atoms with Gasteiger partial charge in [-0.2, -0.15) is 5.10 Å². The number of nitrogens with zero attached hydrogens (tertiary/aromatic N) is 3. The number of amides is 3. The number of thiazole rings is 1. The van der Waals surface area contributed by atoms with Crippen molar-refractivity contribution in [3.63, 3.8) is 0 Å². The van der Waals surface area contributed by atoms with Crippen molar-refractivity contribution in [2.75, 3.05) is 23.7 Å². The first-order chi connectivity index (χ1) is 18.7. The molecule has 0 radical (unpaired) electrons. The fraction of sp³-hybridized carbons (Fsp3) is 0.231. The highest BCUT2D eigenvalue weighted by molar-refractivity contribution is 7.10. The molecule has 1 aliphatic rings. The van der Waals surface area contributed by atoms with Gasteiger partial charge in [-0.25, -0.2) is 9.78 Å². The maximum Gasteiger partial charge on any atom is 0.573 e. The van der Waals surface area contributed by atoms with Crippen LogP contribution in [-0.2, 0) is 0 Å². The number of rotatable bonds is 6. The lowest BCUT2D eigenvalue weighted by molar-refractivity contribution is -0.274. The largest absolute Gasteiger partial charge is 0.573 e. The number of aromatic nitrogens is 3. The molecule has 2 aromatic heterocycles. The van der Waals surface area contributed by atoms with E-state index in [9.17, 15) is 22.8 Å². The molecule has 3 heterocycles. The summed E-state index contributed by atoms with van der Waals surface area (Å²) < 4.78 is 41.3. The average molecular weight is 557 g/mol. The number of urea groups is 1. The summed E-state index contributed by atoms with van der Waals surface area (Å²) in [6.45, 7) is 1.03. The molecular weight excluding hydrogens is 533 g/mol. The van der Waals surface area contributed by atoms with E-state index >= 15 is 0 Å². The first-order valence-corrected chi connectivity index (χ1v) is 12.9. The second-order valence-electron chi connectivity index (χ2n) is 8.83. The monoisotopic (exact) mass is 556 g/mol. The quantitative estimate of drug-likeness (QED) is 0.266. The number of carbonyl (C=O) groups excluding carboxylic acids is 2. The van der Waals surface area contributed by atoms with E-state index in [1.54, 1.807) is 16.3 Å². The highest BCUT2D eigenvalue weighted by Gasteiger charge is 2.31. The predicted octanol–water partition coefficient (Wildman–Crippen LogP) is 6.10. The van der Waals surface area contributed by atoms with Crippen molar-refractivity contribution in [2.45, 2.75) is 25.1 Å². The Hall–Kier alpha value is -4.39. The number of H-pyrrole nitrogens is 1. The Morgan fingerprint density at radius 1 is 1.03 bits per heavy atom. The van der Waals surface area contributed by atoms with Gasteiger partial charge in [0.15, 0.2) is 5.82 Å². The van der Waals surface area contributed by atoms with Gasteiger partial charge in [-0.05, 0) is 30.5 Å². The standard InChI is InChI=1S/C26H23F3N6O3S/c27-26(28,29)38-19-8-4-7-18(13-19)30-23(36)21-15-39-24(31-21)17-9-11-35(12-10-17)25(37)32-22-14-20(33-34-22)16-5-2-1-3-6-16/h1-8,13-15,17H,9-12H2,(H,30,36)(H2,32,33,34,37). The molecule has 13 heteroatoms. The lowest BCUT2D eigenvalue weighted by Gasteiger charge is -2.30. The molecule has 3 amide bonds. The summed E-state index contributed by atoms with van der Waals surface area (Å²) in [5.74, 6) is -0.447. The number of piperidine rings is 1. The van der Waals surface area contributed by atoms with Crippen LogP contribution in [0.25, 0.3) is 11.3 Å². The maximum atomic E-state index is 12.7. The minimum Gasteiger partial charge on any atom is -0.406 e. The highest BCUT2D eigenvalue weighted by atomic mass is 32.1. The van der Waals surface area contributed by atoms with Crippen LogP contribution >= 0.6 is 11.3 Å². The highest BCUT2D eigenvalue weighted by Crippen LogP contribution is 2.31. The third-order valence-corrected chi connectivity index (χ3v) is 7.12. The van der Waals surface area contributed by atoms with Gasteiger partial charge < -0.3 is 15.0 Å². The zero-order valence-corrected chi connectivity index (χ0v) is 21.2. The van der Waals surface area contributed by atoms with Crippen molar-refractivity contribution in [3.8, 4) is 17.0 Å². The van der Waals surface area contributed by atoms with Gasteiger partial charge in [-0.15, -0.1) is 24.5 Å². The SMILES string of the molecule is O=C(Nc1cccc(OC(F)(F)F)c1)c1csc(C2CCN(C(=O)Nc3cc(-c4ccccc4)[nH]n3)CC2)n1. The van der Waals surface area contributed by atoms with E-state index in [0.717, 1.165) is 28.4 Å². The molecule has 3 N–H and O–H groups in total. The summed E-state index contributed by atoms with van der Waals surface area (Å²) in [6, 6.07) is 16.2. The van der Waals surface area contributed by atoms with E-state index in [1.807, 2.05) is 30.3 Å². The van der Waals surface area contributed by atoms with Gasteiger partial charge in [0.2, 0.25) is 0 Å². The van der Waals surface area contributed by atoms with Crippen molar-refractivity contribution in [1.82, 2.24) is 20.1 Å². The third kappa shape index (κ3) is 6.74. The van der Waals surface area contributed by atoms with Crippen molar-refractivity contribution >= 4 is 34.8 Å². The van der Waals surface area contributed by atoms with E-state index in [0.29, 0.717) is 31.7 Å².